The Morgan fingerprint density at radius 2 is 2.33 bits per heavy atom. The molecule has 3 nitrogen and oxygen atoms in total. The highest BCUT2D eigenvalue weighted by molar-refractivity contribution is 9.10. The number of hydrogen-bond donors (Lipinski definition) is 0. The van der Waals surface area contributed by atoms with Crippen LogP contribution in [-0.2, 0) is 0 Å². The maximum atomic E-state index is 10.3. The van der Waals surface area contributed by atoms with E-state index in [2.05, 4.69) is 20.9 Å². The first kappa shape index (κ1) is 7.49. The van der Waals surface area contributed by atoms with Crippen LogP contribution in [0.1, 0.15) is 10.6 Å². The fraction of sp³-hybridized carbons (Fsp3) is 0. The van der Waals surface area contributed by atoms with Gasteiger partial charge < -0.3 is 4.42 Å². The van der Waals surface area contributed by atoms with E-state index < -0.39 is 0 Å². The van der Waals surface area contributed by atoms with Gasteiger partial charge in [-0.05, 0) is 22.0 Å². The molecule has 12 heavy (non-hydrogen) atoms. The van der Waals surface area contributed by atoms with Crippen molar-refractivity contribution in [3.05, 3.63) is 28.6 Å². The zero-order valence-corrected chi connectivity index (χ0v) is 7.54. The molecule has 0 aromatic carbocycles. The topological polar surface area (TPSA) is 43.1 Å². The molecule has 2 aromatic rings. The van der Waals surface area contributed by atoms with E-state index in [0.29, 0.717) is 23.1 Å². The molecule has 0 saturated carbocycles. The Morgan fingerprint density at radius 3 is 3.08 bits per heavy atom. The molecule has 0 atom stereocenters. The Morgan fingerprint density at radius 1 is 1.50 bits per heavy atom. The lowest BCUT2D eigenvalue weighted by Crippen LogP contribution is -1.70. The summed E-state index contributed by atoms with van der Waals surface area (Å²) in [6.07, 6.45) is 2.32. The predicted molar refractivity (Wildman–Crippen MR) is 47.1 cm³/mol. The van der Waals surface area contributed by atoms with Crippen molar-refractivity contribution in [3.63, 3.8) is 0 Å². The molecule has 0 aliphatic rings. The lowest BCUT2D eigenvalue weighted by molar-refractivity contribution is 0.110. The molecule has 0 saturated heterocycles. The van der Waals surface area contributed by atoms with Gasteiger partial charge in [-0.3, -0.25) is 9.78 Å². The predicted octanol–water partition coefficient (Wildman–Crippen LogP) is 2.40. The van der Waals surface area contributed by atoms with Crippen LogP contribution in [-0.4, -0.2) is 11.3 Å². The van der Waals surface area contributed by atoms with Gasteiger partial charge in [0.1, 0.15) is 5.52 Å². The van der Waals surface area contributed by atoms with Crippen LogP contribution in [0.4, 0.5) is 0 Å². The van der Waals surface area contributed by atoms with Crippen LogP contribution in [0.15, 0.2) is 27.2 Å². The highest BCUT2D eigenvalue weighted by atomic mass is 79.9. The number of carbonyl (C=O) groups excluding carboxylic acids is 1. The number of pyridine rings is 1. The van der Waals surface area contributed by atoms with Gasteiger partial charge in [0, 0.05) is 16.7 Å². The molecule has 2 aromatic heterocycles. The van der Waals surface area contributed by atoms with Gasteiger partial charge in [-0.1, -0.05) is 0 Å². The Kier molecular flexibility index (Phi) is 1.69. The van der Waals surface area contributed by atoms with Crippen LogP contribution in [0.5, 0.6) is 0 Å². The van der Waals surface area contributed by atoms with E-state index in [-0.39, 0.29) is 0 Å². The second kappa shape index (κ2) is 2.71. The van der Waals surface area contributed by atoms with Gasteiger partial charge in [0.05, 0.1) is 0 Å². The molecule has 0 spiro atoms. The number of halogens is 1. The normalized spacial score (nSPS) is 10.4. The zero-order valence-electron chi connectivity index (χ0n) is 5.95. The Labute approximate surface area is 76.5 Å². The smallest absolute Gasteiger partial charge is 0.185 e. The van der Waals surface area contributed by atoms with E-state index in [1.165, 1.54) is 0 Å². The highest BCUT2D eigenvalue weighted by Crippen LogP contribution is 2.19. The van der Waals surface area contributed by atoms with Crippen LogP contribution >= 0.6 is 15.9 Å². The molecule has 0 radical (unpaired) electrons. The molecule has 2 heterocycles. The third kappa shape index (κ3) is 1.14. The van der Waals surface area contributed by atoms with Gasteiger partial charge in [-0.15, -0.1) is 0 Å². The maximum Gasteiger partial charge on any atom is 0.185 e. The van der Waals surface area contributed by atoms with Gasteiger partial charge in [-0.25, -0.2) is 0 Å². The summed E-state index contributed by atoms with van der Waals surface area (Å²) >= 11 is 3.25. The fourth-order valence-corrected chi connectivity index (χ4v) is 1.28. The Bertz CT molecular complexity index is 436. The van der Waals surface area contributed by atoms with Crippen molar-refractivity contribution in [3.8, 4) is 0 Å². The first-order valence-corrected chi connectivity index (χ1v) is 4.09. The van der Waals surface area contributed by atoms with Crippen LogP contribution < -0.4 is 0 Å². The third-order valence-corrected chi connectivity index (χ3v) is 1.91. The zero-order chi connectivity index (χ0) is 8.55. The van der Waals surface area contributed by atoms with E-state index in [4.69, 9.17) is 4.42 Å². The standard InChI is InChI=1S/C8H4BrNO2/c9-5-1-8-7(10-3-5)2-6(4-11)12-8/h1-4H. The summed E-state index contributed by atoms with van der Waals surface area (Å²) in [5.41, 5.74) is 1.31. The minimum Gasteiger partial charge on any atom is -0.452 e. The number of nitrogens with zero attached hydrogens (tertiary/aromatic N) is 1. The molecule has 0 amide bonds. The molecule has 4 heteroatoms. The highest BCUT2D eigenvalue weighted by Gasteiger charge is 2.03. The third-order valence-electron chi connectivity index (χ3n) is 1.47. The van der Waals surface area contributed by atoms with Gasteiger partial charge in [0.2, 0.25) is 0 Å². The lowest BCUT2D eigenvalue weighted by Gasteiger charge is -1.86. The van der Waals surface area contributed by atoms with Crippen molar-refractivity contribution in [1.29, 1.82) is 0 Å². The van der Waals surface area contributed by atoms with E-state index in [9.17, 15) is 4.79 Å². The number of rotatable bonds is 1. The number of carbonyl (C=O) groups is 1. The number of fused-ring (bicyclic) bond motifs is 1. The summed E-state index contributed by atoms with van der Waals surface area (Å²) in [4.78, 5) is 14.4. The van der Waals surface area contributed by atoms with E-state index in [0.717, 1.165) is 4.47 Å². The monoisotopic (exact) mass is 225 g/mol. The molecule has 2 rings (SSSR count). The molecule has 0 unspecified atom stereocenters. The van der Waals surface area contributed by atoms with Gasteiger partial charge in [0.25, 0.3) is 0 Å². The number of aromatic nitrogens is 1. The summed E-state index contributed by atoms with van der Waals surface area (Å²) < 4.78 is 5.97. The van der Waals surface area contributed by atoms with Crippen molar-refractivity contribution < 1.29 is 9.21 Å². The summed E-state index contributed by atoms with van der Waals surface area (Å²) in [6, 6.07) is 3.38. The number of hydrogen-bond acceptors (Lipinski definition) is 3. The van der Waals surface area contributed by atoms with Crippen LogP contribution in [0.2, 0.25) is 0 Å². The quantitative estimate of drug-likeness (QED) is 0.701. The average Bonchev–Trinajstić information content (AvgIpc) is 2.46. The molecule has 0 N–H and O–H groups in total. The van der Waals surface area contributed by atoms with Crippen molar-refractivity contribution in [2.45, 2.75) is 0 Å². The van der Waals surface area contributed by atoms with Crippen LogP contribution in [0.3, 0.4) is 0 Å². The van der Waals surface area contributed by atoms with Crippen molar-refractivity contribution in [1.82, 2.24) is 4.98 Å². The lowest BCUT2D eigenvalue weighted by atomic mass is 10.4. The summed E-state index contributed by atoms with van der Waals surface area (Å²) in [7, 11) is 0. The minimum atomic E-state index is 0.301. The number of aldehydes is 1. The van der Waals surface area contributed by atoms with E-state index in [1.54, 1.807) is 18.3 Å². The first-order valence-electron chi connectivity index (χ1n) is 3.30. The summed E-state index contributed by atoms with van der Waals surface area (Å²) in [6.45, 7) is 0. The second-order valence-electron chi connectivity index (χ2n) is 2.30. The van der Waals surface area contributed by atoms with Crippen molar-refractivity contribution in [2.24, 2.45) is 0 Å². The molecule has 0 fully saturated rings. The first-order chi connectivity index (χ1) is 5.79. The summed E-state index contributed by atoms with van der Waals surface area (Å²) in [5.74, 6) is 0.301. The second-order valence-corrected chi connectivity index (χ2v) is 3.22. The van der Waals surface area contributed by atoms with Crippen molar-refractivity contribution in [2.75, 3.05) is 0 Å². The number of furan rings is 1. The van der Waals surface area contributed by atoms with Gasteiger partial charge >= 0.3 is 0 Å². The fourth-order valence-electron chi connectivity index (χ4n) is 0.971. The summed E-state index contributed by atoms with van der Waals surface area (Å²) in [5, 5.41) is 0. The molecule has 0 aliphatic carbocycles. The Balaban J connectivity index is 2.75. The molecule has 60 valence electrons. The molecular weight excluding hydrogens is 222 g/mol. The van der Waals surface area contributed by atoms with Crippen molar-refractivity contribution >= 4 is 33.3 Å². The van der Waals surface area contributed by atoms with E-state index in [1.807, 2.05) is 0 Å². The molecule has 0 aliphatic heterocycles. The van der Waals surface area contributed by atoms with Crippen LogP contribution in [0.25, 0.3) is 11.1 Å². The SMILES string of the molecule is O=Cc1cc2ncc(Br)cc2o1. The van der Waals surface area contributed by atoms with Crippen LogP contribution in [0, 0.1) is 0 Å². The largest absolute Gasteiger partial charge is 0.452 e. The maximum absolute atomic E-state index is 10.3. The molecule has 0 bridgehead atoms. The van der Waals surface area contributed by atoms with Gasteiger partial charge in [-0.2, -0.15) is 0 Å². The average molecular weight is 226 g/mol. The Hall–Kier alpha value is -1.16. The van der Waals surface area contributed by atoms with E-state index >= 15 is 0 Å². The van der Waals surface area contributed by atoms with Gasteiger partial charge in [0.15, 0.2) is 17.6 Å². The molecular formula is C8H4BrNO2. The minimum absolute atomic E-state index is 0.301.